The number of benzene rings is 2. The Hall–Kier alpha value is -4.34. The normalized spacial score (nSPS) is 16.9. The maximum absolute atomic E-state index is 13.2. The topological polar surface area (TPSA) is 120 Å². The third-order valence-electron chi connectivity index (χ3n) is 8.60. The van der Waals surface area contributed by atoms with Gasteiger partial charge in [-0.3, -0.25) is 14.4 Å². The van der Waals surface area contributed by atoms with Gasteiger partial charge in [0.25, 0.3) is 11.8 Å². The van der Waals surface area contributed by atoms with Crippen molar-refractivity contribution in [2.75, 3.05) is 47.8 Å². The van der Waals surface area contributed by atoms with Gasteiger partial charge in [0.15, 0.2) is 11.6 Å². The molecule has 1 saturated heterocycles. The summed E-state index contributed by atoms with van der Waals surface area (Å²) in [5.41, 5.74) is 4.56. The summed E-state index contributed by atoms with van der Waals surface area (Å²) in [7, 11) is 0. The van der Waals surface area contributed by atoms with Gasteiger partial charge in [0.05, 0.1) is 11.4 Å². The molecule has 10 nitrogen and oxygen atoms in total. The van der Waals surface area contributed by atoms with Gasteiger partial charge >= 0.3 is 0 Å². The number of carbonyl (C=O) groups excluding carboxylic acids is 3. The van der Waals surface area contributed by atoms with Crippen molar-refractivity contribution < 1.29 is 18.8 Å². The van der Waals surface area contributed by atoms with Crippen LogP contribution in [0.5, 0.6) is 0 Å². The highest BCUT2D eigenvalue weighted by molar-refractivity contribution is 6.06. The number of carbonyl (C=O) groups is 3. The third-order valence-corrected chi connectivity index (χ3v) is 8.60. The van der Waals surface area contributed by atoms with E-state index in [4.69, 9.17) is 4.42 Å². The van der Waals surface area contributed by atoms with Crippen LogP contribution >= 0.6 is 0 Å². The van der Waals surface area contributed by atoms with Crippen molar-refractivity contribution in [1.82, 2.24) is 15.6 Å². The number of piperazine rings is 1. The number of nitrogens with zero attached hydrogens (tertiary/aromatic N) is 3. The summed E-state index contributed by atoms with van der Waals surface area (Å²) < 4.78 is 5.54. The SMILES string of the molecule is Cc1ccccc1N1CCN(c2ccc(C(=O)NCCCC(=O)NC3CCC3)cc2NC(=O)c2coc(C3CC3)n2)CC1. The molecule has 0 spiro atoms. The summed E-state index contributed by atoms with van der Waals surface area (Å²) in [6.07, 6.45) is 7.69. The van der Waals surface area contributed by atoms with Crippen molar-refractivity contribution in [1.29, 1.82) is 0 Å². The van der Waals surface area contributed by atoms with E-state index in [0.29, 0.717) is 48.5 Å². The van der Waals surface area contributed by atoms with Crippen LogP contribution in [-0.2, 0) is 4.79 Å². The summed E-state index contributed by atoms with van der Waals surface area (Å²) in [6, 6.07) is 14.1. The van der Waals surface area contributed by atoms with E-state index >= 15 is 0 Å². The summed E-state index contributed by atoms with van der Waals surface area (Å²) in [5, 5.41) is 8.95. The lowest BCUT2D eigenvalue weighted by atomic mass is 9.93. The molecule has 3 N–H and O–H groups in total. The molecule has 2 saturated carbocycles. The number of hydrogen-bond donors (Lipinski definition) is 3. The van der Waals surface area contributed by atoms with Gasteiger partial charge in [-0.2, -0.15) is 0 Å². The Bertz CT molecular complexity index is 1470. The van der Waals surface area contributed by atoms with E-state index in [2.05, 4.69) is 61.9 Å². The molecular weight excluding hydrogens is 544 g/mol. The van der Waals surface area contributed by atoms with Crippen LogP contribution in [0.15, 0.2) is 53.1 Å². The molecule has 0 bridgehead atoms. The molecule has 0 radical (unpaired) electrons. The van der Waals surface area contributed by atoms with Crippen molar-refractivity contribution in [2.24, 2.45) is 0 Å². The lowest BCUT2D eigenvalue weighted by Crippen LogP contribution is -2.47. The number of aromatic nitrogens is 1. The first-order valence-electron chi connectivity index (χ1n) is 15.5. The molecule has 2 aromatic carbocycles. The number of oxazole rings is 1. The number of rotatable bonds is 11. The molecule has 43 heavy (non-hydrogen) atoms. The molecule has 1 aliphatic heterocycles. The van der Waals surface area contributed by atoms with Gasteiger partial charge in [0, 0.05) is 62.4 Å². The molecule has 3 aliphatic rings. The van der Waals surface area contributed by atoms with Gasteiger partial charge in [-0.25, -0.2) is 4.98 Å². The predicted octanol–water partition coefficient (Wildman–Crippen LogP) is 4.62. The molecule has 3 amide bonds. The molecule has 2 heterocycles. The number of nitrogens with one attached hydrogen (secondary N) is 3. The molecule has 3 aromatic rings. The quantitative estimate of drug-likeness (QED) is 0.282. The summed E-state index contributed by atoms with van der Waals surface area (Å²) in [5.74, 6) is 0.326. The van der Waals surface area contributed by atoms with Crippen molar-refractivity contribution >= 4 is 34.8 Å². The van der Waals surface area contributed by atoms with Crippen LogP contribution in [0.2, 0.25) is 0 Å². The van der Waals surface area contributed by atoms with Crippen molar-refractivity contribution in [2.45, 2.75) is 63.8 Å². The monoisotopic (exact) mass is 584 g/mol. The zero-order valence-corrected chi connectivity index (χ0v) is 24.7. The molecular formula is C33H40N6O4. The first kappa shape index (κ1) is 28.8. The summed E-state index contributed by atoms with van der Waals surface area (Å²) in [4.78, 5) is 47.4. The van der Waals surface area contributed by atoms with Crippen LogP contribution in [0, 0.1) is 6.92 Å². The van der Waals surface area contributed by atoms with Gasteiger partial charge in [0.2, 0.25) is 5.91 Å². The molecule has 0 atom stereocenters. The first-order chi connectivity index (χ1) is 20.9. The highest BCUT2D eigenvalue weighted by Gasteiger charge is 2.30. The van der Waals surface area contributed by atoms with Crippen molar-refractivity contribution in [3.8, 4) is 0 Å². The van der Waals surface area contributed by atoms with E-state index in [1.54, 1.807) is 12.1 Å². The maximum Gasteiger partial charge on any atom is 0.277 e. The fraction of sp³-hybridized carbons (Fsp3) is 0.455. The molecule has 2 aliphatic carbocycles. The second-order valence-electron chi connectivity index (χ2n) is 11.8. The van der Waals surface area contributed by atoms with Gasteiger partial charge in [-0.1, -0.05) is 18.2 Å². The molecule has 3 fully saturated rings. The Morgan fingerprint density at radius 1 is 0.930 bits per heavy atom. The highest BCUT2D eigenvalue weighted by Crippen LogP contribution is 2.39. The molecule has 1 aromatic heterocycles. The van der Waals surface area contributed by atoms with E-state index < -0.39 is 0 Å². The van der Waals surface area contributed by atoms with Crippen LogP contribution < -0.4 is 25.8 Å². The Morgan fingerprint density at radius 2 is 1.67 bits per heavy atom. The predicted molar refractivity (Wildman–Crippen MR) is 166 cm³/mol. The second kappa shape index (κ2) is 12.9. The van der Waals surface area contributed by atoms with E-state index in [1.165, 1.54) is 23.9 Å². The lowest BCUT2D eigenvalue weighted by molar-refractivity contribution is -0.122. The standard InChI is InChI=1S/C33H40N6O4/c1-22-6-2-3-9-28(22)38-16-18-39(19-17-38)29-14-13-24(31(41)34-15-5-10-30(40)35-25-7-4-8-25)20-26(29)36-32(42)27-21-43-33(37-27)23-11-12-23/h2-3,6,9,13-14,20-21,23,25H,4-5,7-8,10-12,15-19H2,1H3,(H,34,41)(H,35,40)(H,36,42). The first-order valence-corrected chi connectivity index (χ1v) is 15.5. The number of aryl methyl sites for hydroxylation is 1. The summed E-state index contributed by atoms with van der Waals surface area (Å²) >= 11 is 0. The van der Waals surface area contributed by atoms with Gasteiger partial charge in [-0.15, -0.1) is 0 Å². The average molecular weight is 585 g/mol. The minimum atomic E-state index is -0.370. The zero-order chi connectivity index (χ0) is 29.8. The van der Waals surface area contributed by atoms with E-state index in [-0.39, 0.29) is 23.4 Å². The van der Waals surface area contributed by atoms with Crippen LogP contribution in [0.3, 0.4) is 0 Å². The fourth-order valence-electron chi connectivity index (χ4n) is 5.66. The Morgan fingerprint density at radius 3 is 2.37 bits per heavy atom. The van der Waals surface area contributed by atoms with Gasteiger partial charge < -0.3 is 30.2 Å². The highest BCUT2D eigenvalue weighted by atomic mass is 16.3. The number of amides is 3. The molecule has 0 unspecified atom stereocenters. The minimum absolute atomic E-state index is 0.0357. The minimum Gasteiger partial charge on any atom is -0.448 e. The molecule has 10 heteroatoms. The number of para-hydroxylation sites is 1. The molecule has 6 rings (SSSR count). The Balaban J connectivity index is 1.13. The van der Waals surface area contributed by atoms with Crippen LogP contribution in [0.1, 0.15) is 83.2 Å². The largest absolute Gasteiger partial charge is 0.448 e. The van der Waals surface area contributed by atoms with Crippen molar-refractivity contribution in [3.05, 3.63) is 71.4 Å². The van der Waals surface area contributed by atoms with Crippen LogP contribution in [-0.4, -0.2) is 61.5 Å². The van der Waals surface area contributed by atoms with Crippen molar-refractivity contribution in [3.63, 3.8) is 0 Å². The van der Waals surface area contributed by atoms with Gasteiger partial charge in [-0.05, 0) is 75.3 Å². The number of hydrogen-bond acceptors (Lipinski definition) is 7. The molecule has 226 valence electrons. The summed E-state index contributed by atoms with van der Waals surface area (Å²) in [6.45, 7) is 5.72. The smallest absolute Gasteiger partial charge is 0.277 e. The van der Waals surface area contributed by atoms with Crippen LogP contribution in [0.25, 0.3) is 0 Å². The fourth-order valence-corrected chi connectivity index (χ4v) is 5.66. The van der Waals surface area contributed by atoms with Crippen LogP contribution in [0.4, 0.5) is 17.1 Å². The average Bonchev–Trinajstić information content (AvgIpc) is 3.73. The zero-order valence-electron chi connectivity index (χ0n) is 24.7. The van der Waals surface area contributed by atoms with Gasteiger partial charge in [0.1, 0.15) is 6.26 Å². The number of anilines is 3. The third kappa shape index (κ3) is 7.01. The van der Waals surface area contributed by atoms with E-state index in [0.717, 1.165) is 57.5 Å². The lowest BCUT2D eigenvalue weighted by Gasteiger charge is -2.38. The Labute approximate surface area is 252 Å². The van der Waals surface area contributed by atoms with E-state index in [1.807, 2.05) is 6.07 Å². The Kier molecular flexibility index (Phi) is 8.62. The second-order valence-corrected chi connectivity index (χ2v) is 11.8. The van der Waals surface area contributed by atoms with E-state index in [9.17, 15) is 14.4 Å². The maximum atomic E-state index is 13.2.